The zero-order valence-corrected chi connectivity index (χ0v) is 13.2. The van der Waals surface area contributed by atoms with Gasteiger partial charge in [0.2, 0.25) is 0 Å². The fraction of sp³-hybridized carbons (Fsp3) is 0.278. The zero-order chi connectivity index (χ0) is 16.7. The Balaban J connectivity index is 1.85. The molecule has 0 aliphatic rings. The molecule has 0 fully saturated rings. The minimum Gasteiger partial charge on any atom is -0.494 e. The van der Waals surface area contributed by atoms with Crippen LogP contribution in [0.25, 0.3) is 0 Å². The molecule has 1 N–H and O–H groups in total. The molecule has 2 aromatic carbocycles. The van der Waals surface area contributed by atoms with Crippen molar-refractivity contribution in [1.82, 2.24) is 5.32 Å². The van der Waals surface area contributed by atoms with Crippen molar-refractivity contribution >= 4 is 5.91 Å². The fourth-order valence-electron chi connectivity index (χ4n) is 2.09. The maximum absolute atomic E-state index is 13.4. The van der Waals surface area contributed by atoms with Gasteiger partial charge in [0.1, 0.15) is 5.75 Å². The van der Waals surface area contributed by atoms with Crippen molar-refractivity contribution in [3.8, 4) is 11.5 Å². The van der Waals surface area contributed by atoms with E-state index in [4.69, 9.17) is 9.47 Å². The Hall–Kier alpha value is -2.56. The van der Waals surface area contributed by atoms with Crippen molar-refractivity contribution < 1.29 is 18.7 Å². The average molecular weight is 317 g/mol. The van der Waals surface area contributed by atoms with Crippen LogP contribution in [0.3, 0.4) is 0 Å². The Kier molecular flexibility index (Phi) is 5.97. The summed E-state index contributed by atoms with van der Waals surface area (Å²) in [5.74, 6) is 0.0588. The topological polar surface area (TPSA) is 47.6 Å². The lowest BCUT2D eigenvalue weighted by molar-refractivity contribution is -0.123. The van der Waals surface area contributed by atoms with Gasteiger partial charge >= 0.3 is 0 Å². The summed E-state index contributed by atoms with van der Waals surface area (Å²) in [6.07, 6.45) is 0. The van der Waals surface area contributed by atoms with Gasteiger partial charge in [-0.15, -0.1) is 0 Å². The molecule has 2 aromatic rings. The number of rotatable bonds is 7. The van der Waals surface area contributed by atoms with Crippen molar-refractivity contribution in [1.29, 1.82) is 0 Å². The van der Waals surface area contributed by atoms with Crippen LogP contribution in [0.15, 0.2) is 48.5 Å². The van der Waals surface area contributed by atoms with E-state index in [0.717, 1.165) is 11.3 Å². The molecule has 0 saturated heterocycles. The number of ether oxygens (including phenoxy) is 2. The first-order chi connectivity index (χ1) is 11.1. The van der Waals surface area contributed by atoms with E-state index in [0.29, 0.717) is 6.61 Å². The van der Waals surface area contributed by atoms with E-state index < -0.39 is 5.82 Å². The van der Waals surface area contributed by atoms with E-state index >= 15 is 0 Å². The van der Waals surface area contributed by atoms with E-state index in [1.807, 2.05) is 38.1 Å². The monoisotopic (exact) mass is 317 g/mol. The second-order valence-corrected chi connectivity index (χ2v) is 5.01. The van der Waals surface area contributed by atoms with Gasteiger partial charge in [-0.2, -0.15) is 0 Å². The highest BCUT2D eigenvalue weighted by atomic mass is 19.1. The SMILES string of the molecule is CCOc1ccc(C(C)NC(=O)COc2ccccc2F)cc1. The van der Waals surface area contributed by atoms with Crippen LogP contribution < -0.4 is 14.8 Å². The summed E-state index contributed by atoms with van der Waals surface area (Å²) in [7, 11) is 0. The summed E-state index contributed by atoms with van der Waals surface area (Å²) < 4.78 is 24.0. The van der Waals surface area contributed by atoms with Crippen LogP contribution in [0.2, 0.25) is 0 Å². The molecule has 122 valence electrons. The van der Waals surface area contributed by atoms with Gasteiger partial charge in [0.15, 0.2) is 18.2 Å². The largest absolute Gasteiger partial charge is 0.494 e. The molecule has 4 nitrogen and oxygen atoms in total. The van der Waals surface area contributed by atoms with Gasteiger partial charge < -0.3 is 14.8 Å². The van der Waals surface area contributed by atoms with Crippen molar-refractivity contribution in [3.05, 3.63) is 59.9 Å². The van der Waals surface area contributed by atoms with E-state index in [2.05, 4.69) is 5.32 Å². The highest BCUT2D eigenvalue weighted by molar-refractivity contribution is 5.78. The number of hydrogen-bond donors (Lipinski definition) is 1. The van der Waals surface area contributed by atoms with Gasteiger partial charge in [0.25, 0.3) is 5.91 Å². The second kappa shape index (κ2) is 8.17. The summed E-state index contributed by atoms with van der Waals surface area (Å²) >= 11 is 0. The summed E-state index contributed by atoms with van der Waals surface area (Å²) in [5.41, 5.74) is 0.952. The quantitative estimate of drug-likeness (QED) is 0.850. The van der Waals surface area contributed by atoms with E-state index in [1.54, 1.807) is 12.1 Å². The van der Waals surface area contributed by atoms with Crippen molar-refractivity contribution in [3.63, 3.8) is 0 Å². The molecule has 0 bridgehead atoms. The maximum Gasteiger partial charge on any atom is 0.258 e. The number of para-hydroxylation sites is 1. The molecule has 0 spiro atoms. The van der Waals surface area contributed by atoms with Gasteiger partial charge in [-0.25, -0.2) is 4.39 Å². The molecule has 23 heavy (non-hydrogen) atoms. The van der Waals surface area contributed by atoms with Crippen molar-refractivity contribution in [2.75, 3.05) is 13.2 Å². The molecular weight excluding hydrogens is 297 g/mol. The summed E-state index contributed by atoms with van der Waals surface area (Å²) in [5, 5.41) is 2.81. The first kappa shape index (κ1) is 16.8. The lowest BCUT2D eigenvalue weighted by atomic mass is 10.1. The van der Waals surface area contributed by atoms with Gasteiger partial charge in [0.05, 0.1) is 12.6 Å². The molecule has 1 atom stereocenters. The standard InChI is InChI=1S/C18H20FNO3/c1-3-22-15-10-8-14(9-11-15)13(2)20-18(21)12-23-17-7-5-4-6-16(17)19/h4-11,13H,3,12H2,1-2H3,(H,20,21). The van der Waals surface area contributed by atoms with Crippen LogP contribution in [0.5, 0.6) is 11.5 Å². The highest BCUT2D eigenvalue weighted by Crippen LogP contribution is 2.18. The lowest BCUT2D eigenvalue weighted by Gasteiger charge is -2.15. The highest BCUT2D eigenvalue weighted by Gasteiger charge is 2.11. The molecule has 1 unspecified atom stereocenters. The number of carbonyl (C=O) groups is 1. The Morgan fingerprint density at radius 2 is 1.83 bits per heavy atom. The number of hydrogen-bond acceptors (Lipinski definition) is 3. The predicted octanol–water partition coefficient (Wildman–Crippen LogP) is 3.48. The Bertz CT molecular complexity index is 643. The molecule has 0 radical (unpaired) electrons. The Morgan fingerprint density at radius 3 is 2.48 bits per heavy atom. The van der Waals surface area contributed by atoms with Crippen LogP contribution in [0.1, 0.15) is 25.5 Å². The number of nitrogens with one attached hydrogen (secondary N) is 1. The average Bonchev–Trinajstić information content (AvgIpc) is 2.55. The molecule has 5 heteroatoms. The second-order valence-electron chi connectivity index (χ2n) is 5.01. The minimum absolute atomic E-state index is 0.0661. The molecule has 0 heterocycles. The zero-order valence-electron chi connectivity index (χ0n) is 13.2. The normalized spacial score (nSPS) is 11.6. The molecule has 0 saturated carbocycles. The van der Waals surface area contributed by atoms with Crippen LogP contribution in [-0.2, 0) is 4.79 Å². The van der Waals surface area contributed by atoms with E-state index in [-0.39, 0.29) is 24.3 Å². The minimum atomic E-state index is -0.486. The molecule has 1 amide bonds. The van der Waals surface area contributed by atoms with Crippen LogP contribution in [-0.4, -0.2) is 19.1 Å². The maximum atomic E-state index is 13.4. The smallest absolute Gasteiger partial charge is 0.258 e. The number of benzene rings is 2. The fourth-order valence-corrected chi connectivity index (χ4v) is 2.09. The van der Waals surface area contributed by atoms with Crippen molar-refractivity contribution in [2.45, 2.75) is 19.9 Å². The van der Waals surface area contributed by atoms with Crippen LogP contribution in [0, 0.1) is 5.82 Å². The van der Waals surface area contributed by atoms with Crippen LogP contribution in [0.4, 0.5) is 4.39 Å². The Labute approximate surface area is 135 Å². The van der Waals surface area contributed by atoms with E-state index in [1.165, 1.54) is 12.1 Å². The summed E-state index contributed by atoms with van der Waals surface area (Å²) in [4.78, 5) is 11.9. The number of halogens is 1. The van der Waals surface area contributed by atoms with Gasteiger partial charge in [-0.3, -0.25) is 4.79 Å². The van der Waals surface area contributed by atoms with Gasteiger partial charge in [-0.1, -0.05) is 24.3 Å². The number of amides is 1. The molecular formula is C18H20FNO3. The Morgan fingerprint density at radius 1 is 1.13 bits per heavy atom. The third-order valence-electron chi connectivity index (χ3n) is 3.26. The molecule has 2 rings (SSSR count). The first-order valence-corrected chi connectivity index (χ1v) is 7.49. The van der Waals surface area contributed by atoms with Gasteiger partial charge in [-0.05, 0) is 43.7 Å². The van der Waals surface area contributed by atoms with Crippen molar-refractivity contribution in [2.24, 2.45) is 0 Å². The predicted molar refractivity (Wildman–Crippen MR) is 86.1 cm³/mol. The molecule has 0 aromatic heterocycles. The summed E-state index contributed by atoms with van der Waals surface area (Å²) in [6, 6.07) is 13.3. The third kappa shape index (κ3) is 4.98. The van der Waals surface area contributed by atoms with Gasteiger partial charge in [0, 0.05) is 0 Å². The molecule has 0 aliphatic carbocycles. The molecule has 0 aliphatic heterocycles. The summed E-state index contributed by atoms with van der Waals surface area (Å²) in [6.45, 7) is 4.17. The number of carbonyl (C=O) groups excluding carboxylic acids is 1. The first-order valence-electron chi connectivity index (χ1n) is 7.49. The lowest BCUT2D eigenvalue weighted by Crippen LogP contribution is -2.31. The third-order valence-corrected chi connectivity index (χ3v) is 3.26. The van der Waals surface area contributed by atoms with Crippen LogP contribution >= 0.6 is 0 Å². The van der Waals surface area contributed by atoms with E-state index in [9.17, 15) is 9.18 Å².